The second kappa shape index (κ2) is 8.69. The zero-order valence-corrected chi connectivity index (χ0v) is 13.6. The smallest absolute Gasteiger partial charge is 0.241 e. The lowest BCUT2D eigenvalue weighted by Gasteiger charge is -2.19. The Labute approximate surface area is 130 Å². The van der Waals surface area contributed by atoms with Crippen LogP contribution < -0.4 is 11.1 Å². The molecule has 1 aromatic carbocycles. The maximum Gasteiger partial charge on any atom is 0.241 e. The van der Waals surface area contributed by atoms with Gasteiger partial charge in [-0.2, -0.15) is 11.8 Å². The van der Waals surface area contributed by atoms with Crippen molar-refractivity contribution in [2.75, 3.05) is 24.4 Å². The molecule has 1 atom stereocenters. The van der Waals surface area contributed by atoms with E-state index in [2.05, 4.69) is 5.32 Å². The monoisotopic (exact) mass is 309 g/mol. The van der Waals surface area contributed by atoms with Crippen LogP contribution >= 0.6 is 11.8 Å². The number of hydrogen-bond acceptors (Lipinski definition) is 4. The molecule has 21 heavy (non-hydrogen) atoms. The van der Waals surface area contributed by atoms with E-state index in [1.165, 1.54) is 6.92 Å². The molecule has 116 valence electrons. The first kappa shape index (κ1) is 17.5. The average molecular weight is 309 g/mol. The number of nitrogens with one attached hydrogen (secondary N) is 1. The van der Waals surface area contributed by atoms with Gasteiger partial charge in [0.1, 0.15) is 0 Å². The summed E-state index contributed by atoms with van der Waals surface area (Å²) in [5, 5.41) is 2.85. The van der Waals surface area contributed by atoms with Gasteiger partial charge < -0.3 is 16.0 Å². The molecule has 1 rings (SSSR count). The van der Waals surface area contributed by atoms with Crippen molar-refractivity contribution in [1.29, 1.82) is 0 Å². The van der Waals surface area contributed by atoms with Gasteiger partial charge in [-0.25, -0.2) is 0 Å². The summed E-state index contributed by atoms with van der Waals surface area (Å²) in [7, 11) is 1.73. The summed E-state index contributed by atoms with van der Waals surface area (Å²) in [5.41, 5.74) is 7.45. The topological polar surface area (TPSA) is 75.4 Å². The predicted octanol–water partition coefficient (Wildman–Crippen LogP) is 1.68. The maximum atomic E-state index is 12.1. The van der Waals surface area contributed by atoms with E-state index in [1.54, 1.807) is 23.7 Å². The average Bonchev–Trinajstić information content (AvgIpc) is 2.46. The Bertz CT molecular complexity index is 494. The molecule has 0 unspecified atom stereocenters. The first-order chi connectivity index (χ1) is 9.95. The Morgan fingerprint density at radius 1 is 1.38 bits per heavy atom. The first-order valence-electron chi connectivity index (χ1n) is 6.80. The van der Waals surface area contributed by atoms with Crippen LogP contribution in [0.5, 0.6) is 0 Å². The van der Waals surface area contributed by atoms with Crippen molar-refractivity contribution in [2.45, 2.75) is 25.9 Å². The summed E-state index contributed by atoms with van der Waals surface area (Å²) in [6.45, 7) is 1.96. The van der Waals surface area contributed by atoms with E-state index in [1.807, 2.05) is 30.5 Å². The van der Waals surface area contributed by atoms with E-state index in [0.717, 1.165) is 11.3 Å². The van der Waals surface area contributed by atoms with Crippen LogP contribution in [0.3, 0.4) is 0 Å². The number of carbonyl (C=O) groups excluding carboxylic acids is 2. The molecule has 1 aromatic rings. The van der Waals surface area contributed by atoms with Crippen LogP contribution in [0, 0.1) is 0 Å². The molecule has 0 aromatic heterocycles. The highest BCUT2D eigenvalue weighted by atomic mass is 32.2. The Kier molecular flexibility index (Phi) is 7.25. The first-order valence-corrected chi connectivity index (χ1v) is 8.20. The van der Waals surface area contributed by atoms with Gasteiger partial charge in [0, 0.05) is 26.2 Å². The van der Waals surface area contributed by atoms with E-state index in [0.29, 0.717) is 18.7 Å². The van der Waals surface area contributed by atoms with Crippen LogP contribution in [0.25, 0.3) is 0 Å². The van der Waals surface area contributed by atoms with Crippen LogP contribution in [0.1, 0.15) is 18.9 Å². The van der Waals surface area contributed by atoms with Gasteiger partial charge in [-0.15, -0.1) is 0 Å². The number of nitrogens with zero attached hydrogens (tertiary/aromatic N) is 1. The fraction of sp³-hybridized carbons (Fsp3) is 0.467. The second-order valence-electron chi connectivity index (χ2n) is 4.91. The van der Waals surface area contributed by atoms with Crippen molar-refractivity contribution in [3.63, 3.8) is 0 Å². The summed E-state index contributed by atoms with van der Waals surface area (Å²) in [5.74, 6) is 0.637. The van der Waals surface area contributed by atoms with E-state index in [4.69, 9.17) is 5.73 Å². The Hall–Kier alpha value is -1.53. The van der Waals surface area contributed by atoms with E-state index >= 15 is 0 Å². The zero-order valence-electron chi connectivity index (χ0n) is 12.8. The largest absolute Gasteiger partial charge is 0.342 e. The fourth-order valence-corrected chi connectivity index (χ4v) is 2.24. The maximum absolute atomic E-state index is 12.1. The van der Waals surface area contributed by atoms with Crippen molar-refractivity contribution in [2.24, 2.45) is 5.73 Å². The predicted molar refractivity (Wildman–Crippen MR) is 88.2 cm³/mol. The molecule has 0 fully saturated rings. The molecule has 0 radical (unpaired) electrons. The number of carbonyl (C=O) groups is 2. The third-order valence-corrected chi connectivity index (χ3v) is 3.83. The van der Waals surface area contributed by atoms with Crippen LogP contribution in [-0.2, 0) is 16.1 Å². The number of amides is 2. The Morgan fingerprint density at radius 2 is 2.05 bits per heavy atom. The van der Waals surface area contributed by atoms with Crippen molar-refractivity contribution in [1.82, 2.24) is 4.90 Å². The van der Waals surface area contributed by atoms with Crippen molar-refractivity contribution in [3.8, 4) is 0 Å². The molecule has 0 spiro atoms. The molecule has 0 aliphatic carbocycles. The summed E-state index contributed by atoms with van der Waals surface area (Å²) in [6.07, 6.45) is 2.63. The number of rotatable bonds is 7. The molecule has 0 heterocycles. The summed E-state index contributed by atoms with van der Waals surface area (Å²) < 4.78 is 0. The molecule has 0 aliphatic heterocycles. The van der Waals surface area contributed by atoms with E-state index in [9.17, 15) is 9.59 Å². The lowest BCUT2D eigenvalue weighted by Crippen LogP contribution is -2.36. The zero-order chi connectivity index (χ0) is 15.8. The van der Waals surface area contributed by atoms with Gasteiger partial charge in [-0.3, -0.25) is 9.59 Å². The minimum absolute atomic E-state index is 0.0206. The van der Waals surface area contributed by atoms with Crippen molar-refractivity contribution in [3.05, 3.63) is 29.8 Å². The van der Waals surface area contributed by atoms with E-state index < -0.39 is 6.04 Å². The van der Waals surface area contributed by atoms with E-state index in [-0.39, 0.29) is 11.8 Å². The van der Waals surface area contributed by atoms with Crippen LogP contribution in [0.4, 0.5) is 5.69 Å². The molecule has 2 amide bonds. The molecule has 3 N–H and O–H groups in total. The summed E-state index contributed by atoms with van der Waals surface area (Å²) in [4.78, 5) is 25.0. The highest BCUT2D eigenvalue weighted by molar-refractivity contribution is 7.98. The Balaban J connectivity index is 2.74. The van der Waals surface area contributed by atoms with Crippen molar-refractivity contribution >= 4 is 29.3 Å². The van der Waals surface area contributed by atoms with Crippen LogP contribution in [-0.4, -0.2) is 41.8 Å². The summed E-state index contributed by atoms with van der Waals surface area (Å²) in [6, 6.07) is 6.92. The highest BCUT2D eigenvalue weighted by Crippen LogP contribution is 2.17. The summed E-state index contributed by atoms with van der Waals surface area (Å²) >= 11 is 1.66. The lowest BCUT2D eigenvalue weighted by atomic mass is 10.1. The van der Waals surface area contributed by atoms with Gasteiger partial charge >= 0.3 is 0 Å². The van der Waals surface area contributed by atoms with Gasteiger partial charge in [0.05, 0.1) is 6.04 Å². The SMILES string of the molecule is CSCC[C@@H](N)C(=O)Nc1ccccc1CN(C)C(C)=O. The lowest BCUT2D eigenvalue weighted by molar-refractivity contribution is -0.128. The van der Waals surface area contributed by atoms with Gasteiger partial charge in [0.2, 0.25) is 11.8 Å². The van der Waals surface area contributed by atoms with Gasteiger partial charge in [-0.05, 0) is 30.1 Å². The molecule has 5 nitrogen and oxygen atoms in total. The van der Waals surface area contributed by atoms with Crippen LogP contribution in [0.15, 0.2) is 24.3 Å². The third kappa shape index (κ3) is 5.77. The quantitative estimate of drug-likeness (QED) is 0.803. The molecule has 0 saturated heterocycles. The Morgan fingerprint density at radius 3 is 2.67 bits per heavy atom. The fourth-order valence-electron chi connectivity index (χ4n) is 1.75. The van der Waals surface area contributed by atoms with Gasteiger partial charge in [-0.1, -0.05) is 18.2 Å². The number of anilines is 1. The van der Waals surface area contributed by atoms with Gasteiger partial charge in [0.15, 0.2) is 0 Å². The number of para-hydroxylation sites is 1. The molecule has 0 saturated carbocycles. The van der Waals surface area contributed by atoms with Gasteiger partial charge in [0.25, 0.3) is 0 Å². The third-order valence-electron chi connectivity index (χ3n) is 3.19. The van der Waals surface area contributed by atoms with Crippen LogP contribution in [0.2, 0.25) is 0 Å². The minimum Gasteiger partial charge on any atom is -0.342 e. The molecule has 6 heteroatoms. The number of nitrogens with two attached hydrogens (primary N) is 1. The number of hydrogen-bond donors (Lipinski definition) is 2. The number of benzene rings is 1. The normalized spacial score (nSPS) is 11.8. The molecular weight excluding hydrogens is 286 g/mol. The van der Waals surface area contributed by atoms with Crippen molar-refractivity contribution < 1.29 is 9.59 Å². The minimum atomic E-state index is -0.518. The standard InChI is InChI=1S/C15H23N3O2S/c1-11(19)18(2)10-12-6-4-5-7-14(12)17-15(20)13(16)8-9-21-3/h4-7,13H,8-10,16H2,1-3H3,(H,17,20)/t13-/m1/s1. The molecule has 0 aliphatic rings. The second-order valence-corrected chi connectivity index (χ2v) is 5.90. The molecular formula is C15H23N3O2S. The number of thioether (sulfide) groups is 1. The molecule has 0 bridgehead atoms. The highest BCUT2D eigenvalue weighted by Gasteiger charge is 2.15.